The van der Waals surface area contributed by atoms with Gasteiger partial charge >= 0.3 is 6.18 Å². The molecule has 0 spiro atoms. The first kappa shape index (κ1) is 28.0. The fourth-order valence-corrected chi connectivity index (χ4v) is 3.86. The SMILES string of the molecule is COCc1nc2c(C(=O)NCc3ccccc3Cl)cc(NC(=O)c3ccccc3C(F)(F)F)cc2[nH]1.Cl. The van der Waals surface area contributed by atoms with Gasteiger partial charge in [0.25, 0.3) is 11.8 Å². The summed E-state index contributed by atoms with van der Waals surface area (Å²) in [6, 6.07) is 14.3. The van der Waals surface area contributed by atoms with Gasteiger partial charge in [-0.1, -0.05) is 41.9 Å². The number of fused-ring (bicyclic) bond motifs is 1. The molecule has 0 fully saturated rings. The van der Waals surface area contributed by atoms with Gasteiger partial charge in [-0.05, 0) is 35.9 Å². The zero-order chi connectivity index (χ0) is 25.9. The number of halogens is 5. The van der Waals surface area contributed by atoms with Gasteiger partial charge in [-0.3, -0.25) is 9.59 Å². The molecule has 0 aliphatic rings. The Kier molecular flexibility index (Phi) is 8.80. The van der Waals surface area contributed by atoms with E-state index in [9.17, 15) is 22.8 Å². The van der Waals surface area contributed by atoms with Crippen LogP contribution in [0.25, 0.3) is 11.0 Å². The van der Waals surface area contributed by atoms with Crippen LogP contribution in [0.1, 0.15) is 37.7 Å². The Labute approximate surface area is 220 Å². The summed E-state index contributed by atoms with van der Waals surface area (Å²) in [6.45, 7) is 0.265. The van der Waals surface area contributed by atoms with Crippen LogP contribution in [0.3, 0.4) is 0 Å². The first-order valence-corrected chi connectivity index (χ1v) is 11.1. The number of carbonyl (C=O) groups is 2. The third kappa shape index (κ3) is 6.40. The summed E-state index contributed by atoms with van der Waals surface area (Å²) in [4.78, 5) is 33.3. The molecular formula is C25H21Cl2F3N4O3. The molecule has 1 heterocycles. The number of imidazole rings is 1. The lowest BCUT2D eigenvalue weighted by atomic mass is 10.1. The molecule has 0 saturated carbocycles. The highest BCUT2D eigenvalue weighted by atomic mass is 35.5. The van der Waals surface area contributed by atoms with Crippen molar-refractivity contribution in [2.45, 2.75) is 19.3 Å². The van der Waals surface area contributed by atoms with Crippen molar-refractivity contribution in [2.75, 3.05) is 12.4 Å². The van der Waals surface area contributed by atoms with Gasteiger partial charge in [-0.2, -0.15) is 13.2 Å². The number of alkyl halides is 3. The van der Waals surface area contributed by atoms with E-state index in [2.05, 4.69) is 20.6 Å². The number of nitrogens with one attached hydrogen (secondary N) is 3. The molecule has 0 aliphatic carbocycles. The first-order chi connectivity index (χ1) is 17.2. The van der Waals surface area contributed by atoms with E-state index in [1.165, 1.54) is 31.4 Å². The number of rotatable bonds is 7. The molecule has 194 valence electrons. The number of aromatic amines is 1. The number of methoxy groups -OCH3 is 1. The minimum atomic E-state index is -4.71. The highest BCUT2D eigenvalue weighted by Crippen LogP contribution is 2.32. The highest BCUT2D eigenvalue weighted by Gasteiger charge is 2.35. The molecule has 0 radical (unpaired) electrons. The molecule has 0 atom stereocenters. The average molecular weight is 553 g/mol. The van der Waals surface area contributed by atoms with E-state index >= 15 is 0 Å². The number of amides is 2. The van der Waals surface area contributed by atoms with E-state index in [-0.39, 0.29) is 36.8 Å². The molecule has 0 saturated heterocycles. The van der Waals surface area contributed by atoms with E-state index in [1.807, 2.05) is 0 Å². The zero-order valence-electron chi connectivity index (χ0n) is 19.3. The molecule has 37 heavy (non-hydrogen) atoms. The molecule has 2 amide bonds. The number of carbonyl (C=O) groups excluding carboxylic acids is 2. The van der Waals surface area contributed by atoms with Crippen molar-refractivity contribution in [3.8, 4) is 0 Å². The van der Waals surface area contributed by atoms with Gasteiger partial charge in [-0.15, -0.1) is 12.4 Å². The molecule has 0 unspecified atom stereocenters. The molecule has 0 bridgehead atoms. The van der Waals surface area contributed by atoms with E-state index in [1.54, 1.807) is 24.3 Å². The summed E-state index contributed by atoms with van der Waals surface area (Å²) in [5.41, 5.74) is 0.0144. The van der Waals surface area contributed by atoms with E-state index in [0.29, 0.717) is 27.4 Å². The summed E-state index contributed by atoms with van der Waals surface area (Å²) < 4.78 is 45.2. The standard InChI is InChI=1S/C25H20ClF3N4O3.ClH/c1-36-13-21-32-20-11-15(31-24(35)16-7-3-4-8-18(16)25(27,28)29)10-17(22(20)33-21)23(34)30-12-14-6-2-5-9-19(14)26;/h2-11H,12-13H2,1H3,(H,30,34)(H,31,35)(H,32,33);1H. The topological polar surface area (TPSA) is 96.1 Å². The van der Waals surface area contributed by atoms with Gasteiger partial charge in [0.1, 0.15) is 17.9 Å². The number of anilines is 1. The Hall–Kier alpha value is -3.60. The molecule has 4 aromatic rings. The summed E-state index contributed by atoms with van der Waals surface area (Å²) in [5, 5.41) is 5.70. The number of H-pyrrole nitrogens is 1. The Morgan fingerprint density at radius 1 is 1.03 bits per heavy atom. The minimum Gasteiger partial charge on any atom is -0.377 e. The Balaban J connectivity index is 0.00000380. The van der Waals surface area contributed by atoms with Crippen molar-refractivity contribution < 1.29 is 27.5 Å². The number of aromatic nitrogens is 2. The summed E-state index contributed by atoms with van der Waals surface area (Å²) in [7, 11) is 1.48. The minimum absolute atomic E-state index is 0. The average Bonchev–Trinajstić information content (AvgIpc) is 3.25. The monoisotopic (exact) mass is 552 g/mol. The molecule has 1 aromatic heterocycles. The quantitative estimate of drug-likeness (QED) is 0.262. The van der Waals surface area contributed by atoms with E-state index in [4.69, 9.17) is 16.3 Å². The van der Waals surface area contributed by atoms with Crippen molar-refractivity contribution in [3.63, 3.8) is 0 Å². The molecule has 4 rings (SSSR count). The third-order valence-electron chi connectivity index (χ3n) is 5.29. The summed E-state index contributed by atoms with van der Waals surface area (Å²) in [6.07, 6.45) is -4.71. The highest BCUT2D eigenvalue weighted by molar-refractivity contribution is 6.31. The zero-order valence-corrected chi connectivity index (χ0v) is 20.9. The van der Waals surface area contributed by atoms with E-state index < -0.39 is 29.1 Å². The summed E-state index contributed by atoms with van der Waals surface area (Å²) in [5.74, 6) is -1.05. The third-order valence-corrected chi connectivity index (χ3v) is 5.66. The Morgan fingerprint density at radius 3 is 2.43 bits per heavy atom. The Bertz CT molecular complexity index is 1440. The number of hydrogen-bond donors (Lipinski definition) is 3. The lowest BCUT2D eigenvalue weighted by Gasteiger charge is -2.13. The van der Waals surface area contributed by atoms with Crippen molar-refractivity contribution in [1.82, 2.24) is 15.3 Å². The van der Waals surface area contributed by atoms with Crippen molar-refractivity contribution in [1.29, 1.82) is 0 Å². The van der Waals surface area contributed by atoms with Gasteiger partial charge in [0.05, 0.1) is 22.2 Å². The fourth-order valence-electron chi connectivity index (χ4n) is 3.66. The normalized spacial score (nSPS) is 11.2. The fraction of sp³-hybridized carbons (Fsp3) is 0.160. The smallest absolute Gasteiger partial charge is 0.377 e. The lowest BCUT2D eigenvalue weighted by Crippen LogP contribution is -2.24. The number of ether oxygens (including phenoxy) is 1. The van der Waals surface area contributed by atoms with Crippen LogP contribution in [0.5, 0.6) is 0 Å². The molecule has 7 nitrogen and oxygen atoms in total. The molecule has 3 aromatic carbocycles. The maximum atomic E-state index is 13.4. The van der Waals surface area contributed by atoms with Crippen molar-refractivity contribution in [2.24, 2.45) is 0 Å². The van der Waals surface area contributed by atoms with E-state index in [0.717, 1.165) is 12.1 Å². The summed E-state index contributed by atoms with van der Waals surface area (Å²) >= 11 is 6.16. The second kappa shape index (κ2) is 11.6. The molecular weight excluding hydrogens is 532 g/mol. The van der Waals surface area contributed by atoms with Crippen LogP contribution in [0, 0.1) is 0 Å². The maximum absolute atomic E-state index is 13.4. The maximum Gasteiger partial charge on any atom is 0.417 e. The Morgan fingerprint density at radius 2 is 1.73 bits per heavy atom. The number of nitrogens with zero attached hydrogens (tertiary/aromatic N) is 1. The van der Waals surface area contributed by atoms with Crippen molar-refractivity contribution in [3.05, 3.63) is 93.8 Å². The molecule has 3 N–H and O–H groups in total. The van der Waals surface area contributed by atoms with Gasteiger partial charge in [0, 0.05) is 24.4 Å². The van der Waals surface area contributed by atoms with Crippen LogP contribution < -0.4 is 10.6 Å². The number of benzene rings is 3. The number of hydrogen-bond acceptors (Lipinski definition) is 4. The van der Waals surface area contributed by atoms with Gasteiger partial charge in [0.15, 0.2) is 0 Å². The molecule has 0 aliphatic heterocycles. The second-order valence-corrected chi connectivity index (χ2v) is 8.22. The van der Waals surface area contributed by atoms with Crippen LogP contribution in [-0.4, -0.2) is 28.9 Å². The van der Waals surface area contributed by atoms with Crippen LogP contribution in [0.15, 0.2) is 60.7 Å². The van der Waals surface area contributed by atoms with Gasteiger partial charge < -0.3 is 20.4 Å². The van der Waals surface area contributed by atoms with Crippen molar-refractivity contribution >= 4 is 52.5 Å². The predicted molar refractivity (Wildman–Crippen MR) is 136 cm³/mol. The van der Waals surface area contributed by atoms with Gasteiger partial charge in [-0.25, -0.2) is 4.98 Å². The van der Waals surface area contributed by atoms with Crippen LogP contribution >= 0.6 is 24.0 Å². The van der Waals surface area contributed by atoms with Crippen LogP contribution in [0.4, 0.5) is 18.9 Å². The first-order valence-electron chi connectivity index (χ1n) is 10.7. The van der Waals surface area contributed by atoms with Gasteiger partial charge in [0.2, 0.25) is 0 Å². The largest absolute Gasteiger partial charge is 0.417 e. The second-order valence-electron chi connectivity index (χ2n) is 7.81. The molecule has 12 heteroatoms. The van der Waals surface area contributed by atoms with Crippen LogP contribution in [0.2, 0.25) is 5.02 Å². The predicted octanol–water partition coefficient (Wildman–Crippen LogP) is 5.99. The lowest BCUT2D eigenvalue weighted by molar-refractivity contribution is -0.137. The van der Waals surface area contributed by atoms with Crippen LogP contribution in [-0.2, 0) is 24.1 Å².